The molecule has 0 radical (unpaired) electrons. The van der Waals surface area contributed by atoms with Crippen molar-refractivity contribution in [1.82, 2.24) is 20.1 Å². The van der Waals surface area contributed by atoms with Gasteiger partial charge in [-0.1, -0.05) is 11.6 Å². The highest BCUT2D eigenvalue weighted by Gasteiger charge is 2.16. The van der Waals surface area contributed by atoms with Gasteiger partial charge in [0, 0.05) is 30.6 Å². The molecular weight excluding hydrogens is 336 g/mol. The number of benzene rings is 1. The number of halogens is 1. The minimum Gasteiger partial charge on any atom is -0.439 e. The van der Waals surface area contributed by atoms with Crippen molar-refractivity contribution >= 4 is 11.6 Å². The average molecular weight is 355 g/mol. The second-order valence-corrected chi connectivity index (χ2v) is 6.56. The first-order chi connectivity index (χ1) is 12.3. The second kappa shape index (κ2) is 7.25. The van der Waals surface area contributed by atoms with Crippen molar-refractivity contribution in [3.05, 3.63) is 59.9 Å². The van der Waals surface area contributed by atoms with Gasteiger partial charge in [0.1, 0.15) is 5.75 Å². The number of pyridine rings is 1. The van der Waals surface area contributed by atoms with Gasteiger partial charge in [-0.25, -0.2) is 4.98 Å². The van der Waals surface area contributed by atoms with Crippen molar-refractivity contribution in [2.75, 3.05) is 13.1 Å². The standard InChI is InChI=1S/C19H19ClN4O/c20-15-5-8-19(22-12-15)25-17-6-3-14(4-7-17)18-9-11-24(23-18)16-2-1-10-21-13-16/h3-9,11-12,16,21H,1-2,10,13H2/t16-/m1/s1. The summed E-state index contributed by atoms with van der Waals surface area (Å²) in [5, 5.41) is 8.75. The zero-order valence-electron chi connectivity index (χ0n) is 13.7. The minimum absolute atomic E-state index is 0.445. The summed E-state index contributed by atoms with van der Waals surface area (Å²) < 4.78 is 7.79. The SMILES string of the molecule is Clc1ccc(Oc2ccc(-c3ccn([C@@H]4CCCNC4)n3)cc2)nc1. The quantitative estimate of drug-likeness (QED) is 0.758. The lowest BCUT2D eigenvalue weighted by atomic mass is 10.1. The Morgan fingerprint density at radius 1 is 1.12 bits per heavy atom. The highest BCUT2D eigenvalue weighted by molar-refractivity contribution is 6.30. The first-order valence-electron chi connectivity index (χ1n) is 8.44. The largest absolute Gasteiger partial charge is 0.439 e. The smallest absolute Gasteiger partial charge is 0.219 e. The van der Waals surface area contributed by atoms with Crippen molar-refractivity contribution in [2.24, 2.45) is 0 Å². The molecule has 6 heteroatoms. The number of hydrogen-bond acceptors (Lipinski definition) is 4. The predicted octanol–water partition coefficient (Wildman–Crippen LogP) is 4.32. The van der Waals surface area contributed by atoms with Crippen LogP contribution in [0.15, 0.2) is 54.9 Å². The van der Waals surface area contributed by atoms with Crippen LogP contribution in [-0.4, -0.2) is 27.9 Å². The van der Waals surface area contributed by atoms with Crippen molar-refractivity contribution in [1.29, 1.82) is 0 Å². The van der Waals surface area contributed by atoms with E-state index in [1.54, 1.807) is 18.3 Å². The normalized spacial score (nSPS) is 17.4. The molecule has 2 aromatic heterocycles. The van der Waals surface area contributed by atoms with Crippen LogP contribution in [0.5, 0.6) is 11.6 Å². The fourth-order valence-corrected chi connectivity index (χ4v) is 3.10. The number of aromatic nitrogens is 3. The van der Waals surface area contributed by atoms with E-state index in [0.717, 1.165) is 30.1 Å². The molecule has 128 valence electrons. The van der Waals surface area contributed by atoms with Crippen LogP contribution in [-0.2, 0) is 0 Å². The Kier molecular flexibility index (Phi) is 4.68. The summed E-state index contributed by atoms with van der Waals surface area (Å²) >= 11 is 5.83. The van der Waals surface area contributed by atoms with Gasteiger partial charge >= 0.3 is 0 Å². The summed E-state index contributed by atoms with van der Waals surface area (Å²) in [7, 11) is 0. The monoisotopic (exact) mass is 354 g/mol. The van der Waals surface area contributed by atoms with E-state index in [4.69, 9.17) is 21.4 Å². The number of piperidine rings is 1. The summed E-state index contributed by atoms with van der Waals surface area (Å²) in [5.74, 6) is 1.25. The maximum absolute atomic E-state index is 5.83. The van der Waals surface area contributed by atoms with Crippen LogP contribution >= 0.6 is 11.6 Å². The van der Waals surface area contributed by atoms with Gasteiger partial charge in [0.15, 0.2) is 0 Å². The summed E-state index contributed by atoms with van der Waals surface area (Å²) in [6.45, 7) is 2.09. The number of nitrogens with one attached hydrogen (secondary N) is 1. The highest BCUT2D eigenvalue weighted by atomic mass is 35.5. The molecular formula is C19H19ClN4O. The van der Waals surface area contributed by atoms with E-state index in [2.05, 4.69) is 27.2 Å². The highest BCUT2D eigenvalue weighted by Crippen LogP contribution is 2.25. The topological polar surface area (TPSA) is 52.0 Å². The molecule has 0 amide bonds. The first-order valence-corrected chi connectivity index (χ1v) is 8.81. The Hall–Kier alpha value is -2.37. The van der Waals surface area contributed by atoms with Crippen molar-refractivity contribution < 1.29 is 4.74 Å². The number of ether oxygens (including phenoxy) is 1. The molecule has 0 unspecified atom stereocenters. The lowest BCUT2D eigenvalue weighted by Gasteiger charge is -2.22. The Morgan fingerprint density at radius 3 is 2.72 bits per heavy atom. The summed E-state index contributed by atoms with van der Waals surface area (Å²) in [4.78, 5) is 4.13. The molecule has 5 nitrogen and oxygen atoms in total. The van der Waals surface area contributed by atoms with Crippen LogP contribution in [0, 0.1) is 0 Å². The molecule has 25 heavy (non-hydrogen) atoms. The van der Waals surface area contributed by atoms with Crippen molar-refractivity contribution in [2.45, 2.75) is 18.9 Å². The van der Waals surface area contributed by atoms with Gasteiger partial charge in [-0.15, -0.1) is 0 Å². The van der Waals surface area contributed by atoms with Gasteiger partial charge in [-0.2, -0.15) is 5.10 Å². The molecule has 4 rings (SSSR count). The van der Waals surface area contributed by atoms with Gasteiger partial charge in [-0.3, -0.25) is 4.68 Å². The molecule has 1 N–H and O–H groups in total. The van der Waals surface area contributed by atoms with Gasteiger partial charge in [0.05, 0.1) is 16.8 Å². The maximum Gasteiger partial charge on any atom is 0.219 e. The third-order valence-electron chi connectivity index (χ3n) is 4.33. The molecule has 1 aliphatic rings. The second-order valence-electron chi connectivity index (χ2n) is 6.12. The van der Waals surface area contributed by atoms with E-state index in [0.29, 0.717) is 16.9 Å². The summed E-state index contributed by atoms with van der Waals surface area (Å²) in [6, 6.07) is 13.9. The molecule has 1 fully saturated rings. The third-order valence-corrected chi connectivity index (χ3v) is 4.55. The van der Waals surface area contributed by atoms with E-state index in [-0.39, 0.29) is 0 Å². The minimum atomic E-state index is 0.445. The van der Waals surface area contributed by atoms with E-state index in [1.165, 1.54) is 12.8 Å². The van der Waals surface area contributed by atoms with E-state index in [9.17, 15) is 0 Å². The Morgan fingerprint density at radius 2 is 2.00 bits per heavy atom. The Bertz CT molecular complexity index is 823. The first kappa shape index (κ1) is 16.1. The fourth-order valence-electron chi connectivity index (χ4n) is 2.99. The van der Waals surface area contributed by atoms with Crippen LogP contribution < -0.4 is 10.1 Å². The molecule has 3 heterocycles. The molecule has 1 saturated heterocycles. The third kappa shape index (κ3) is 3.83. The number of nitrogens with zero attached hydrogens (tertiary/aromatic N) is 3. The Balaban J connectivity index is 1.46. The van der Waals surface area contributed by atoms with E-state index >= 15 is 0 Å². The zero-order valence-corrected chi connectivity index (χ0v) is 14.5. The molecule has 0 spiro atoms. The van der Waals surface area contributed by atoms with E-state index < -0.39 is 0 Å². The number of hydrogen-bond donors (Lipinski definition) is 1. The summed E-state index contributed by atoms with van der Waals surface area (Å²) in [5.41, 5.74) is 2.04. The summed E-state index contributed by atoms with van der Waals surface area (Å²) in [6.07, 6.45) is 6.01. The van der Waals surface area contributed by atoms with Gasteiger partial charge in [0.2, 0.25) is 5.88 Å². The van der Waals surface area contributed by atoms with Crippen LogP contribution in [0.3, 0.4) is 0 Å². The van der Waals surface area contributed by atoms with Crippen LogP contribution in [0.1, 0.15) is 18.9 Å². The number of rotatable bonds is 4. The van der Waals surface area contributed by atoms with Crippen LogP contribution in [0.25, 0.3) is 11.3 Å². The van der Waals surface area contributed by atoms with Crippen molar-refractivity contribution in [3.8, 4) is 22.9 Å². The molecule has 0 aliphatic carbocycles. The maximum atomic E-state index is 5.83. The van der Waals surface area contributed by atoms with Crippen molar-refractivity contribution in [3.63, 3.8) is 0 Å². The molecule has 1 aliphatic heterocycles. The fraction of sp³-hybridized carbons (Fsp3) is 0.263. The van der Waals surface area contributed by atoms with Gasteiger partial charge in [0.25, 0.3) is 0 Å². The molecule has 1 atom stereocenters. The molecule has 3 aromatic rings. The average Bonchev–Trinajstić information content (AvgIpc) is 3.15. The van der Waals surface area contributed by atoms with E-state index in [1.807, 2.05) is 24.3 Å². The molecule has 1 aromatic carbocycles. The lowest BCUT2D eigenvalue weighted by molar-refractivity contribution is 0.347. The molecule has 0 bridgehead atoms. The molecule has 0 saturated carbocycles. The van der Waals surface area contributed by atoms with Gasteiger partial charge < -0.3 is 10.1 Å². The lowest BCUT2D eigenvalue weighted by Crippen LogP contribution is -2.31. The predicted molar refractivity (Wildman–Crippen MR) is 98.1 cm³/mol. The van der Waals surface area contributed by atoms with Crippen LogP contribution in [0.4, 0.5) is 0 Å². The zero-order chi connectivity index (χ0) is 17.1. The van der Waals surface area contributed by atoms with Gasteiger partial charge in [-0.05, 0) is 55.8 Å². The van der Waals surface area contributed by atoms with Crippen LogP contribution in [0.2, 0.25) is 5.02 Å². The Labute approximate surface area is 151 Å².